The Bertz CT molecular complexity index is 1100. The molecule has 1 aromatic rings. The van der Waals surface area contributed by atoms with Crippen molar-refractivity contribution in [1.82, 2.24) is 4.90 Å². The molecular weight excluding hydrogens is 590 g/mol. The third kappa shape index (κ3) is 5.79. The number of carbonyl (C=O) groups excluding carboxylic acids is 3. The number of hydrogen-bond donors (Lipinski definition) is 1. The van der Waals surface area contributed by atoms with Gasteiger partial charge in [0.05, 0.1) is 24.5 Å². The fourth-order valence-corrected chi connectivity index (χ4v) is 7.88. The van der Waals surface area contributed by atoms with Crippen molar-refractivity contribution < 1.29 is 29.0 Å². The number of nitrogens with zero attached hydrogens (tertiary/aromatic N) is 3. The van der Waals surface area contributed by atoms with Crippen molar-refractivity contribution in [3.8, 4) is 0 Å². The monoisotopic (exact) mass is 633 g/mol. The number of esters is 1. The molecule has 3 fully saturated rings. The second kappa shape index (κ2) is 13.7. The topological polar surface area (TPSA) is 99.6 Å². The van der Waals surface area contributed by atoms with Crippen LogP contribution in [0.25, 0.3) is 0 Å². The van der Waals surface area contributed by atoms with Crippen molar-refractivity contribution in [3.63, 3.8) is 0 Å². The van der Waals surface area contributed by atoms with Crippen LogP contribution in [0.2, 0.25) is 0 Å². The van der Waals surface area contributed by atoms with Gasteiger partial charge in [0, 0.05) is 49.0 Å². The fourth-order valence-electron chi connectivity index (χ4n) is 6.94. The number of unbranched alkanes of at least 4 members (excludes halogenated alkanes) is 3. The third-order valence-electron chi connectivity index (χ3n) is 8.76. The summed E-state index contributed by atoms with van der Waals surface area (Å²) in [6.45, 7) is 12.6. The van der Waals surface area contributed by atoms with Gasteiger partial charge in [-0.05, 0) is 64.3 Å². The number of hydrogen-bond acceptors (Lipinski definition) is 7. The van der Waals surface area contributed by atoms with E-state index in [1.807, 2.05) is 24.3 Å². The van der Waals surface area contributed by atoms with E-state index in [-0.39, 0.29) is 36.4 Å². The molecule has 1 aromatic carbocycles. The Hall–Kier alpha value is -2.43. The second-order valence-electron chi connectivity index (χ2n) is 11.0. The highest BCUT2D eigenvalue weighted by Gasteiger charge is 2.77. The van der Waals surface area contributed by atoms with E-state index in [4.69, 9.17) is 14.6 Å². The second-order valence-corrected chi connectivity index (χ2v) is 12.2. The fraction of sp³-hybridized carbons (Fsp3) is 0.645. The first-order valence-electron chi connectivity index (χ1n) is 15.0. The number of benzene rings is 1. The van der Waals surface area contributed by atoms with Gasteiger partial charge in [-0.1, -0.05) is 34.8 Å². The van der Waals surface area contributed by atoms with Gasteiger partial charge < -0.3 is 29.3 Å². The van der Waals surface area contributed by atoms with Gasteiger partial charge in [-0.15, -0.1) is 6.58 Å². The lowest BCUT2D eigenvalue weighted by molar-refractivity contribution is -0.154. The maximum Gasteiger partial charge on any atom is 0.312 e. The number of amides is 2. The Morgan fingerprint density at radius 1 is 1.15 bits per heavy atom. The summed E-state index contributed by atoms with van der Waals surface area (Å²) in [7, 11) is 0. The number of aliphatic hydroxyl groups excluding tert-OH is 1. The van der Waals surface area contributed by atoms with Crippen molar-refractivity contribution in [2.24, 2.45) is 11.8 Å². The average Bonchev–Trinajstić information content (AvgIpc) is 3.56. The number of halogens is 1. The number of rotatable bonds is 15. The van der Waals surface area contributed by atoms with Crippen LogP contribution in [0.4, 0.5) is 11.4 Å². The van der Waals surface area contributed by atoms with E-state index >= 15 is 0 Å². The number of alkyl halides is 1. The molecule has 0 aromatic heterocycles. The van der Waals surface area contributed by atoms with Crippen molar-refractivity contribution >= 4 is 45.1 Å². The van der Waals surface area contributed by atoms with Gasteiger partial charge >= 0.3 is 5.97 Å². The van der Waals surface area contributed by atoms with Gasteiger partial charge in [-0.25, -0.2) is 0 Å². The molecule has 3 saturated heterocycles. The average molecular weight is 635 g/mol. The molecule has 9 nitrogen and oxygen atoms in total. The summed E-state index contributed by atoms with van der Waals surface area (Å²) in [6.07, 6.45) is 4.63. The van der Waals surface area contributed by atoms with Crippen molar-refractivity contribution in [3.05, 3.63) is 36.9 Å². The van der Waals surface area contributed by atoms with Gasteiger partial charge in [0.15, 0.2) is 0 Å². The van der Waals surface area contributed by atoms with Crippen LogP contribution in [0.1, 0.15) is 52.9 Å². The molecule has 41 heavy (non-hydrogen) atoms. The molecule has 226 valence electrons. The highest BCUT2D eigenvalue weighted by molar-refractivity contribution is 9.09. The molecule has 0 radical (unpaired) electrons. The Labute approximate surface area is 252 Å². The molecular formula is C31H44BrN3O6. The summed E-state index contributed by atoms with van der Waals surface area (Å²) in [5.41, 5.74) is 0.655. The van der Waals surface area contributed by atoms with E-state index in [1.165, 1.54) is 0 Å². The van der Waals surface area contributed by atoms with Crippen molar-refractivity contribution in [1.29, 1.82) is 0 Å². The molecule has 3 heterocycles. The molecule has 0 aliphatic carbocycles. The smallest absolute Gasteiger partial charge is 0.312 e. The van der Waals surface area contributed by atoms with E-state index in [2.05, 4.69) is 41.3 Å². The summed E-state index contributed by atoms with van der Waals surface area (Å²) in [5, 5.41) is 9.17. The predicted molar refractivity (Wildman–Crippen MR) is 162 cm³/mol. The molecule has 0 saturated carbocycles. The highest BCUT2D eigenvalue weighted by Crippen LogP contribution is 2.60. The number of fused-ring (bicyclic) bond motifs is 1. The standard InChI is InChI=1S/C31H44BrN3O6/c1-5-17-34(22-15-13-21(14-16-22)33(6-2)7-3)29(38)27-31-20-23(32)26(41-31)24(30(39)40-8-4)25(31)28(37)35(27)18-11-9-10-12-19-36/h5,13-16,23-27,36H,1,6-12,17-20H2,2-4H3/t23?,24-,25+,26-,27-,31+/m0/s1. The maximum absolute atomic E-state index is 14.6. The van der Waals surface area contributed by atoms with Gasteiger partial charge in [-0.2, -0.15) is 0 Å². The zero-order valence-corrected chi connectivity index (χ0v) is 26.1. The third-order valence-corrected chi connectivity index (χ3v) is 9.60. The number of ether oxygens (including phenoxy) is 2. The summed E-state index contributed by atoms with van der Waals surface area (Å²) < 4.78 is 12.0. The summed E-state index contributed by atoms with van der Waals surface area (Å²) in [6, 6.07) is 7.00. The lowest BCUT2D eigenvalue weighted by atomic mass is 9.70. The van der Waals surface area contributed by atoms with Crippen LogP contribution in [0, 0.1) is 11.8 Å². The maximum atomic E-state index is 14.6. The van der Waals surface area contributed by atoms with Crippen molar-refractivity contribution in [2.45, 2.75) is 75.4 Å². The van der Waals surface area contributed by atoms with Crippen LogP contribution in [0.3, 0.4) is 0 Å². The first kappa shape index (κ1) is 31.5. The lowest BCUT2D eigenvalue weighted by Crippen LogP contribution is -2.57. The molecule has 2 amide bonds. The summed E-state index contributed by atoms with van der Waals surface area (Å²) in [4.78, 5) is 47.3. The molecule has 2 bridgehead atoms. The van der Waals surface area contributed by atoms with Crippen LogP contribution in [0.15, 0.2) is 36.9 Å². The van der Waals surface area contributed by atoms with Crippen LogP contribution in [0.5, 0.6) is 0 Å². The summed E-state index contributed by atoms with van der Waals surface area (Å²) in [5.74, 6) is -2.45. The SMILES string of the molecule is C=CCN(C(=O)[C@@H]1N(CCCCCCO)C(=O)[C@H]2[C@H](C(=O)OCC)[C@H]3O[C@@]12CC3Br)c1ccc(N(CC)CC)cc1. The van der Waals surface area contributed by atoms with Crippen LogP contribution >= 0.6 is 15.9 Å². The van der Waals surface area contributed by atoms with E-state index < -0.39 is 35.6 Å². The minimum absolute atomic E-state index is 0.127. The van der Waals surface area contributed by atoms with Crippen molar-refractivity contribution in [2.75, 3.05) is 49.2 Å². The molecule has 1 N–H and O–H groups in total. The Balaban J connectivity index is 1.71. The number of aliphatic hydroxyl groups is 1. The summed E-state index contributed by atoms with van der Waals surface area (Å²) >= 11 is 3.70. The molecule has 10 heteroatoms. The van der Waals surface area contributed by atoms with Gasteiger partial charge in [-0.3, -0.25) is 14.4 Å². The molecule has 6 atom stereocenters. The first-order chi connectivity index (χ1) is 19.8. The molecule has 1 unspecified atom stereocenters. The van der Waals surface area contributed by atoms with E-state index in [0.29, 0.717) is 31.5 Å². The van der Waals surface area contributed by atoms with Crippen LogP contribution < -0.4 is 9.80 Å². The largest absolute Gasteiger partial charge is 0.466 e. The number of carbonyl (C=O) groups is 3. The minimum atomic E-state index is -1.13. The van der Waals surface area contributed by atoms with E-state index in [1.54, 1.807) is 22.8 Å². The highest BCUT2D eigenvalue weighted by atomic mass is 79.9. The minimum Gasteiger partial charge on any atom is -0.466 e. The van der Waals surface area contributed by atoms with Crippen LogP contribution in [-0.4, -0.2) is 89.8 Å². The van der Waals surface area contributed by atoms with Gasteiger partial charge in [0.1, 0.15) is 11.6 Å². The zero-order chi connectivity index (χ0) is 29.7. The van der Waals surface area contributed by atoms with Crippen LogP contribution in [-0.2, 0) is 23.9 Å². The van der Waals surface area contributed by atoms with Gasteiger partial charge in [0.25, 0.3) is 5.91 Å². The quantitative estimate of drug-likeness (QED) is 0.135. The Kier molecular flexibility index (Phi) is 10.5. The zero-order valence-electron chi connectivity index (χ0n) is 24.5. The number of likely N-dealkylation sites (tertiary alicyclic amines) is 1. The first-order valence-corrected chi connectivity index (χ1v) is 15.9. The Morgan fingerprint density at radius 3 is 2.41 bits per heavy atom. The molecule has 1 spiro atoms. The number of anilines is 2. The Morgan fingerprint density at radius 2 is 1.80 bits per heavy atom. The molecule has 3 aliphatic rings. The lowest BCUT2D eigenvalue weighted by Gasteiger charge is -2.37. The van der Waals surface area contributed by atoms with Gasteiger partial charge in [0.2, 0.25) is 5.91 Å². The normalized spacial score (nSPS) is 28.1. The molecule has 3 aliphatic heterocycles. The van der Waals surface area contributed by atoms with E-state index in [0.717, 1.165) is 31.6 Å². The molecule has 4 rings (SSSR count). The predicted octanol–water partition coefficient (Wildman–Crippen LogP) is 3.92. The van der Waals surface area contributed by atoms with E-state index in [9.17, 15) is 14.4 Å².